The molecule has 0 aliphatic heterocycles. The van der Waals surface area contributed by atoms with Crippen molar-refractivity contribution in [1.82, 2.24) is 15.0 Å². The van der Waals surface area contributed by atoms with Crippen molar-refractivity contribution in [2.24, 2.45) is 5.92 Å². The van der Waals surface area contributed by atoms with E-state index in [1.54, 1.807) is 7.05 Å². The summed E-state index contributed by atoms with van der Waals surface area (Å²) >= 11 is 0. The Balaban J connectivity index is 2.13. The van der Waals surface area contributed by atoms with Crippen LogP contribution in [0.3, 0.4) is 0 Å². The summed E-state index contributed by atoms with van der Waals surface area (Å²) in [4.78, 5) is 12.7. The number of hydrogen-bond acceptors (Lipinski definition) is 6. The molecule has 1 fully saturated rings. The molecule has 1 aromatic rings. The molecular weight excluding hydrogens is 256 g/mol. The fraction of sp³-hybridized carbons (Fsp3) is 0.786. The maximum atomic E-state index is 5.95. The highest BCUT2D eigenvalue weighted by molar-refractivity contribution is 5.26. The van der Waals surface area contributed by atoms with Crippen LogP contribution in [0.1, 0.15) is 46.5 Å². The van der Waals surface area contributed by atoms with Crippen LogP contribution in [0.2, 0.25) is 0 Å². The van der Waals surface area contributed by atoms with Crippen LogP contribution in [0.4, 0.5) is 5.95 Å². The number of anilines is 1. The van der Waals surface area contributed by atoms with E-state index in [0.717, 1.165) is 6.42 Å². The van der Waals surface area contributed by atoms with E-state index in [1.165, 1.54) is 19.3 Å². The number of nitrogens with zero attached hydrogens (tertiary/aromatic N) is 3. The Labute approximate surface area is 120 Å². The van der Waals surface area contributed by atoms with Crippen LogP contribution < -0.4 is 14.8 Å². The lowest BCUT2D eigenvalue weighted by atomic mass is 9.88. The maximum absolute atomic E-state index is 5.95. The second-order valence-corrected chi connectivity index (χ2v) is 5.56. The highest BCUT2D eigenvalue weighted by Gasteiger charge is 2.24. The highest BCUT2D eigenvalue weighted by atomic mass is 16.5. The summed E-state index contributed by atoms with van der Waals surface area (Å²) in [5.41, 5.74) is 0. The van der Waals surface area contributed by atoms with Crippen molar-refractivity contribution in [1.29, 1.82) is 0 Å². The van der Waals surface area contributed by atoms with Crippen molar-refractivity contribution in [3.05, 3.63) is 0 Å². The predicted octanol–water partition coefficient (Wildman–Crippen LogP) is 2.66. The van der Waals surface area contributed by atoms with Crippen LogP contribution in [0, 0.1) is 5.92 Å². The van der Waals surface area contributed by atoms with E-state index < -0.39 is 0 Å². The molecule has 1 heterocycles. The van der Waals surface area contributed by atoms with Gasteiger partial charge in [-0.05, 0) is 39.0 Å². The van der Waals surface area contributed by atoms with Gasteiger partial charge in [0.2, 0.25) is 5.95 Å². The zero-order chi connectivity index (χ0) is 14.5. The summed E-state index contributed by atoms with van der Waals surface area (Å²) < 4.78 is 11.5. The lowest BCUT2D eigenvalue weighted by Crippen LogP contribution is -2.29. The largest absolute Gasteiger partial charge is 0.461 e. The molecule has 112 valence electrons. The number of ether oxygens (including phenoxy) is 2. The molecule has 0 radical (unpaired) electrons. The Kier molecular flexibility index (Phi) is 4.98. The summed E-state index contributed by atoms with van der Waals surface area (Å²) in [5.74, 6) is 1.00. The van der Waals surface area contributed by atoms with Gasteiger partial charge in [-0.25, -0.2) is 0 Å². The molecule has 0 saturated heterocycles. The number of nitrogens with one attached hydrogen (secondary N) is 1. The number of rotatable bonds is 5. The fourth-order valence-electron chi connectivity index (χ4n) is 2.36. The van der Waals surface area contributed by atoms with Crippen LogP contribution in [-0.4, -0.2) is 34.2 Å². The standard InChI is InChI=1S/C14H24N4O2/c1-9(2)19-13-16-12(15-4)17-14(18-13)20-11-8-6-5-7-10(11)3/h9-11H,5-8H2,1-4H3,(H,15,16,17,18). The Hall–Kier alpha value is -1.59. The minimum Gasteiger partial charge on any atom is -0.461 e. The van der Waals surface area contributed by atoms with E-state index in [0.29, 0.717) is 23.9 Å². The van der Waals surface area contributed by atoms with Gasteiger partial charge in [0.05, 0.1) is 6.10 Å². The molecule has 1 aromatic heterocycles. The molecule has 2 rings (SSSR count). The first-order valence-corrected chi connectivity index (χ1v) is 7.35. The zero-order valence-corrected chi connectivity index (χ0v) is 12.7. The molecule has 6 heteroatoms. The molecule has 0 amide bonds. The predicted molar refractivity (Wildman–Crippen MR) is 77.2 cm³/mol. The fourth-order valence-corrected chi connectivity index (χ4v) is 2.36. The second kappa shape index (κ2) is 6.72. The average molecular weight is 280 g/mol. The molecule has 1 aliphatic carbocycles. The smallest absolute Gasteiger partial charge is 0.324 e. The molecule has 20 heavy (non-hydrogen) atoms. The minimum atomic E-state index is 0.0172. The number of aromatic nitrogens is 3. The summed E-state index contributed by atoms with van der Waals surface area (Å²) in [7, 11) is 1.77. The van der Waals surface area contributed by atoms with Gasteiger partial charge in [0.15, 0.2) is 0 Å². The SMILES string of the molecule is CNc1nc(OC(C)C)nc(OC2CCCCC2C)n1. The Morgan fingerprint density at radius 2 is 1.80 bits per heavy atom. The van der Waals surface area contributed by atoms with Gasteiger partial charge >= 0.3 is 12.0 Å². The quantitative estimate of drug-likeness (QED) is 0.894. The second-order valence-electron chi connectivity index (χ2n) is 5.56. The number of hydrogen-bond donors (Lipinski definition) is 1. The lowest BCUT2D eigenvalue weighted by molar-refractivity contribution is 0.0901. The van der Waals surface area contributed by atoms with Crippen molar-refractivity contribution in [3.8, 4) is 12.0 Å². The van der Waals surface area contributed by atoms with Gasteiger partial charge < -0.3 is 14.8 Å². The van der Waals surface area contributed by atoms with Crippen LogP contribution in [-0.2, 0) is 0 Å². The minimum absolute atomic E-state index is 0.0172. The van der Waals surface area contributed by atoms with E-state index in [1.807, 2.05) is 13.8 Å². The molecular formula is C14H24N4O2. The average Bonchev–Trinajstić information content (AvgIpc) is 2.40. The summed E-state index contributed by atoms with van der Waals surface area (Å²) in [6.45, 7) is 6.09. The van der Waals surface area contributed by atoms with Crippen molar-refractivity contribution in [2.75, 3.05) is 12.4 Å². The van der Waals surface area contributed by atoms with Crippen molar-refractivity contribution < 1.29 is 9.47 Å². The van der Waals surface area contributed by atoms with Gasteiger partial charge in [-0.1, -0.05) is 13.3 Å². The third-order valence-corrected chi connectivity index (χ3v) is 3.45. The maximum Gasteiger partial charge on any atom is 0.324 e. The van der Waals surface area contributed by atoms with E-state index in [-0.39, 0.29) is 12.2 Å². The Morgan fingerprint density at radius 3 is 2.45 bits per heavy atom. The van der Waals surface area contributed by atoms with Crippen LogP contribution >= 0.6 is 0 Å². The van der Waals surface area contributed by atoms with Gasteiger partial charge in [-0.15, -0.1) is 4.98 Å². The first kappa shape index (κ1) is 14.8. The lowest BCUT2D eigenvalue weighted by Gasteiger charge is -2.28. The molecule has 2 atom stereocenters. The monoisotopic (exact) mass is 280 g/mol. The van der Waals surface area contributed by atoms with Crippen LogP contribution in [0.5, 0.6) is 12.0 Å². The molecule has 1 aliphatic rings. The molecule has 1 N–H and O–H groups in total. The molecule has 1 saturated carbocycles. The van der Waals surface area contributed by atoms with Gasteiger partial charge in [0.25, 0.3) is 0 Å². The van der Waals surface area contributed by atoms with E-state index in [4.69, 9.17) is 9.47 Å². The third-order valence-electron chi connectivity index (χ3n) is 3.45. The van der Waals surface area contributed by atoms with Crippen LogP contribution in [0.15, 0.2) is 0 Å². The first-order valence-electron chi connectivity index (χ1n) is 7.35. The molecule has 0 aromatic carbocycles. The van der Waals surface area contributed by atoms with Crippen molar-refractivity contribution >= 4 is 5.95 Å². The summed E-state index contributed by atoms with van der Waals surface area (Å²) in [6, 6.07) is 0.650. The van der Waals surface area contributed by atoms with Gasteiger partial charge in [-0.2, -0.15) is 9.97 Å². The topological polar surface area (TPSA) is 69.2 Å². The van der Waals surface area contributed by atoms with Crippen molar-refractivity contribution in [3.63, 3.8) is 0 Å². The zero-order valence-electron chi connectivity index (χ0n) is 12.7. The van der Waals surface area contributed by atoms with E-state index >= 15 is 0 Å². The normalized spacial score (nSPS) is 22.6. The van der Waals surface area contributed by atoms with Gasteiger partial charge in [0.1, 0.15) is 6.10 Å². The molecule has 0 spiro atoms. The Morgan fingerprint density at radius 1 is 1.10 bits per heavy atom. The summed E-state index contributed by atoms with van der Waals surface area (Å²) in [6.07, 6.45) is 4.94. The van der Waals surface area contributed by atoms with E-state index in [9.17, 15) is 0 Å². The Bertz CT molecular complexity index is 439. The molecule has 2 unspecified atom stereocenters. The summed E-state index contributed by atoms with van der Waals surface area (Å²) in [5, 5.41) is 2.91. The molecule has 0 bridgehead atoms. The van der Waals surface area contributed by atoms with Crippen LogP contribution in [0.25, 0.3) is 0 Å². The van der Waals surface area contributed by atoms with E-state index in [2.05, 4.69) is 27.2 Å². The van der Waals surface area contributed by atoms with Gasteiger partial charge in [0, 0.05) is 7.05 Å². The first-order chi connectivity index (χ1) is 9.58. The highest BCUT2D eigenvalue weighted by Crippen LogP contribution is 2.27. The molecule has 6 nitrogen and oxygen atoms in total. The van der Waals surface area contributed by atoms with Crippen molar-refractivity contribution in [2.45, 2.75) is 58.7 Å². The van der Waals surface area contributed by atoms with Gasteiger partial charge in [-0.3, -0.25) is 0 Å². The third kappa shape index (κ3) is 3.95.